The first-order valence-electron chi connectivity index (χ1n) is 4.56. The average Bonchev–Trinajstić information content (AvgIpc) is 2.29. The number of aliphatic imine (C=N–C) groups is 2. The Kier molecular flexibility index (Phi) is 1.50. The van der Waals surface area contributed by atoms with E-state index in [1.807, 2.05) is 24.4 Å². The van der Waals surface area contributed by atoms with E-state index in [0.29, 0.717) is 0 Å². The second-order valence-corrected chi connectivity index (χ2v) is 3.28. The van der Waals surface area contributed by atoms with E-state index in [-0.39, 0.29) is 6.04 Å². The van der Waals surface area contributed by atoms with Gasteiger partial charge in [-0.15, -0.1) is 0 Å². The van der Waals surface area contributed by atoms with Crippen molar-refractivity contribution in [3.63, 3.8) is 0 Å². The maximum atomic E-state index is 4.24. The Hall–Kier alpha value is -1.90. The zero-order valence-corrected chi connectivity index (χ0v) is 7.54. The minimum absolute atomic E-state index is 0.168. The van der Waals surface area contributed by atoms with Crippen LogP contribution in [0.2, 0.25) is 0 Å². The van der Waals surface area contributed by atoms with Crippen LogP contribution in [0.3, 0.4) is 0 Å². The Bertz CT molecular complexity index is 393. The molecule has 0 saturated carbocycles. The van der Waals surface area contributed by atoms with Gasteiger partial charge in [-0.1, -0.05) is 6.08 Å². The SMILES string of the molecule is C1=CC2=CC=C3N=CN=CC3N2C=C1. The third-order valence-corrected chi connectivity index (χ3v) is 2.45. The van der Waals surface area contributed by atoms with Crippen LogP contribution >= 0.6 is 0 Å². The number of hydrogen-bond donors (Lipinski definition) is 0. The highest BCUT2D eigenvalue weighted by atomic mass is 15.2. The second-order valence-electron chi connectivity index (χ2n) is 3.28. The van der Waals surface area contributed by atoms with Gasteiger partial charge >= 0.3 is 0 Å². The molecule has 3 aliphatic rings. The number of nitrogens with zero attached hydrogens (tertiary/aromatic N) is 3. The molecule has 3 heteroatoms. The molecule has 14 heavy (non-hydrogen) atoms. The Morgan fingerprint density at radius 3 is 3.21 bits per heavy atom. The van der Waals surface area contributed by atoms with Gasteiger partial charge in [0.1, 0.15) is 12.4 Å². The van der Waals surface area contributed by atoms with Gasteiger partial charge in [0.2, 0.25) is 0 Å². The monoisotopic (exact) mass is 183 g/mol. The molecule has 1 atom stereocenters. The van der Waals surface area contributed by atoms with E-state index in [9.17, 15) is 0 Å². The molecule has 0 aromatic carbocycles. The third kappa shape index (κ3) is 0.988. The van der Waals surface area contributed by atoms with Crippen molar-refractivity contribution in [2.24, 2.45) is 9.98 Å². The van der Waals surface area contributed by atoms with Crippen LogP contribution in [0.5, 0.6) is 0 Å². The van der Waals surface area contributed by atoms with E-state index in [2.05, 4.69) is 33.2 Å². The normalized spacial score (nSPS) is 26.9. The van der Waals surface area contributed by atoms with Crippen molar-refractivity contribution in [2.45, 2.75) is 6.04 Å². The molecule has 0 saturated heterocycles. The predicted octanol–water partition coefficient (Wildman–Crippen LogP) is 1.63. The molecule has 0 aliphatic carbocycles. The summed E-state index contributed by atoms with van der Waals surface area (Å²) in [7, 11) is 0. The standard InChI is InChI=1S/C11H9N3/c1-2-6-14-9(3-1)4-5-10-11(14)7-12-8-13-10/h1-8,11H. The minimum atomic E-state index is 0.168. The molecule has 1 unspecified atom stereocenters. The molecule has 3 nitrogen and oxygen atoms in total. The Labute approximate surface area is 82.2 Å². The molecule has 3 heterocycles. The van der Waals surface area contributed by atoms with Gasteiger partial charge < -0.3 is 4.90 Å². The van der Waals surface area contributed by atoms with Gasteiger partial charge in [0.05, 0.1) is 5.70 Å². The fourth-order valence-electron chi connectivity index (χ4n) is 1.76. The molecule has 0 bridgehead atoms. The van der Waals surface area contributed by atoms with E-state index >= 15 is 0 Å². The van der Waals surface area contributed by atoms with Crippen LogP contribution in [0.4, 0.5) is 0 Å². The van der Waals surface area contributed by atoms with Crippen LogP contribution in [0.25, 0.3) is 0 Å². The fraction of sp³-hybridized carbons (Fsp3) is 0.0909. The lowest BCUT2D eigenvalue weighted by atomic mass is 10.1. The largest absolute Gasteiger partial charge is 0.334 e. The molecule has 0 spiro atoms. The summed E-state index contributed by atoms with van der Waals surface area (Å²) in [6.45, 7) is 0. The van der Waals surface area contributed by atoms with Crippen LogP contribution in [0, 0.1) is 0 Å². The quantitative estimate of drug-likeness (QED) is 0.561. The molecular formula is C11H9N3. The smallest absolute Gasteiger partial charge is 0.115 e. The minimum Gasteiger partial charge on any atom is -0.334 e. The van der Waals surface area contributed by atoms with Gasteiger partial charge in [0, 0.05) is 18.1 Å². The van der Waals surface area contributed by atoms with E-state index < -0.39 is 0 Å². The van der Waals surface area contributed by atoms with Crippen LogP contribution in [-0.4, -0.2) is 23.5 Å². The van der Waals surface area contributed by atoms with E-state index in [4.69, 9.17) is 0 Å². The van der Waals surface area contributed by atoms with E-state index in [1.165, 1.54) is 5.70 Å². The molecule has 3 rings (SSSR count). The molecule has 0 N–H and O–H groups in total. The number of allylic oxidation sites excluding steroid dienone is 5. The van der Waals surface area contributed by atoms with Gasteiger partial charge in [-0.3, -0.25) is 0 Å². The van der Waals surface area contributed by atoms with Crippen LogP contribution in [0.1, 0.15) is 0 Å². The van der Waals surface area contributed by atoms with Gasteiger partial charge in [-0.25, -0.2) is 9.98 Å². The first-order valence-corrected chi connectivity index (χ1v) is 4.56. The summed E-state index contributed by atoms with van der Waals surface area (Å²) in [6, 6.07) is 0.168. The summed E-state index contributed by atoms with van der Waals surface area (Å²) >= 11 is 0. The van der Waals surface area contributed by atoms with E-state index in [0.717, 1.165) is 5.70 Å². The third-order valence-electron chi connectivity index (χ3n) is 2.45. The van der Waals surface area contributed by atoms with Gasteiger partial charge in [-0.2, -0.15) is 0 Å². The molecule has 0 aromatic rings. The van der Waals surface area contributed by atoms with Crippen LogP contribution in [0.15, 0.2) is 58.0 Å². The zero-order chi connectivity index (χ0) is 9.38. The summed E-state index contributed by atoms with van der Waals surface area (Å²) < 4.78 is 0. The number of hydrogen-bond acceptors (Lipinski definition) is 3. The molecule has 0 amide bonds. The summed E-state index contributed by atoms with van der Waals surface area (Å²) in [4.78, 5) is 10.5. The lowest BCUT2D eigenvalue weighted by Crippen LogP contribution is -2.36. The molecular weight excluding hydrogens is 174 g/mol. The van der Waals surface area contributed by atoms with Crippen molar-refractivity contribution < 1.29 is 0 Å². The Morgan fingerprint density at radius 2 is 2.21 bits per heavy atom. The summed E-state index contributed by atoms with van der Waals surface area (Å²) in [5, 5.41) is 0. The van der Waals surface area contributed by atoms with Crippen LogP contribution < -0.4 is 0 Å². The summed E-state index contributed by atoms with van der Waals surface area (Å²) in [6.07, 6.45) is 15.8. The Balaban J connectivity index is 2.08. The molecule has 3 aliphatic heterocycles. The maximum Gasteiger partial charge on any atom is 0.115 e. The summed E-state index contributed by atoms with van der Waals surface area (Å²) in [5.41, 5.74) is 2.23. The van der Waals surface area contributed by atoms with Crippen LogP contribution in [-0.2, 0) is 0 Å². The first-order chi connectivity index (χ1) is 6.95. The van der Waals surface area contributed by atoms with Crippen molar-refractivity contribution in [2.75, 3.05) is 0 Å². The fourth-order valence-corrected chi connectivity index (χ4v) is 1.76. The molecule has 0 fully saturated rings. The summed E-state index contributed by atoms with van der Waals surface area (Å²) in [5.74, 6) is 0. The van der Waals surface area contributed by atoms with Crippen molar-refractivity contribution >= 4 is 12.6 Å². The van der Waals surface area contributed by atoms with Crippen molar-refractivity contribution in [3.8, 4) is 0 Å². The lowest BCUT2D eigenvalue weighted by Gasteiger charge is -2.33. The highest BCUT2D eigenvalue weighted by Gasteiger charge is 2.24. The van der Waals surface area contributed by atoms with Gasteiger partial charge in [-0.05, 0) is 24.3 Å². The maximum absolute atomic E-state index is 4.24. The van der Waals surface area contributed by atoms with Gasteiger partial charge in [0.25, 0.3) is 0 Å². The van der Waals surface area contributed by atoms with E-state index in [1.54, 1.807) is 6.34 Å². The first kappa shape index (κ1) is 7.50. The topological polar surface area (TPSA) is 28.0 Å². The lowest BCUT2D eigenvalue weighted by molar-refractivity contribution is 0.455. The predicted molar refractivity (Wildman–Crippen MR) is 57.1 cm³/mol. The molecule has 0 radical (unpaired) electrons. The highest BCUT2D eigenvalue weighted by molar-refractivity contribution is 5.83. The zero-order valence-electron chi connectivity index (χ0n) is 7.54. The highest BCUT2D eigenvalue weighted by Crippen LogP contribution is 2.26. The molecule has 68 valence electrons. The molecule has 0 aromatic heterocycles. The van der Waals surface area contributed by atoms with Crippen molar-refractivity contribution in [3.05, 3.63) is 48.0 Å². The number of rotatable bonds is 0. The Morgan fingerprint density at radius 1 is 1.21 bits per heavy atom. The number of fused-ring (bicyclic) bond motifs is 3. The van der Waals surface area contributed by atoms with Crippen molar-refractivity contribution in [1.82, 2.24) is 4.90 Å². The van der Waals surface area contributed by atoms with Crippen molar-refractivity contribution in [1.29, 1.82) is 0 Å². The average molecular weight is 183 g/mol. The second kappa shape index (κ2) is 2.80. The van der Waals surface area contributed by atoms with Gasteiger partial charge in [0.15, 0.2) is 0 Å².